The standard InChI is InChI=1S/C26H36ClN3O6S/c1-6-8-14-28-26(32)23(7-2)29(17-19-10-9-11-21(15-19)35-3)25(31)18-30(37(5,33)34)20-12-13-24(36-4)22(27)16-20/h9-13,15-16,23H,6-8,14,17-18H2,1-5H3,(H,28,32). The van der Waals surface area contributed by atoms with Crippen molar-refractivity contribution in [3.05, 3.63) is 53.1 Å². The van der Waals surface area contributed by atoms with Gasteiger partial charge in [0.2, 0.25) is 21.8 Å². The Kier molecular flexibility index (Phi) is 11.5. The summed E-state index contributed by atoms with van der Waals surface area (Å²) in [7, 11) is -0.877. The molecule has 1 atom stereocenters. The maximum absolute atomic E-state index is 13.7. The molecule has 2 aromatic carbocycles. The van der Waals surface area contributed by atoms with E-state index in [9.17, 15) is 18.0 Å². The first-order valence-corrected chi connectivity index (χ1v) is 14.3. The minimum Gasteiger partial charge on any atom is -0.497 e. The molecule has 1 N–H and O–H groups in total. The van der Waals surface area contributed by atoms with Gasteiger partial charge in [-0.05, 0) is 48.7 Å². The van der Waals surface area contributed by atoms with Gasteiger partial charge >= 0.3 is 0 Å². The van der Waals surface area contributed by atoms with Crippen molar-refractivity contribution in [2.45, 2.75) is 45.7 Å². The lowest BCUT2D eigenvalue weighted by atomic mass is 10.1. The molecule has 0 radical (unpaired) electrons. The lowest BCUT2D eigenvalue weighted by Crippen LogP contribution is -2.52. The summed E-state index contributed by atoms with van der Waals surface area (Å²) in [5.74, 6) is 0.166. The van der Waals surface area contributed by atoms with Crippen LogP contribution in [0.25, 0.3) is 0 Å². The Morgan fingerprint density at radius 2 is 1.81 bits per heavy atom. The summed E-state index contributed by atoms with van der Waals surface area (Å²) in [6.45, 7) is 3.91. The molecule has 0 saturated heterocycles. The Bertz CT molecular complexity index is 1170. The van der Waals surface area contributed by atoms with Gasteiger partial charge in [-0.1, -0.05) is 44.0 Å². The molecule has 37 heavy (non-hydrogen) atoms. The minimum atomic E-state index is -3.87. The number of halogens is 1. The van der Waals surface area contributed by atoms with Gasteiger partial charge in [-0.3, -0.25) is 13.9 Å². The molecule has 0 fully saturated rings. The van der Waals surface area contributed by atoms with Gasteiger partial charge in [0.1, 0.15) is 24.1 Å². The van der Waals surface area contributed by atoms with Crippen molar-refractivity contribution in [2.24, 2.45) is 0 Å². The van der Waals surface area contributed by atoms with Gasteiger partial charge in [-0.15, -0.1) is 0 Å². The first kappa shape index (κ1) is 30.2. The van der Waals surface area contributed by atoms with E-state index in [0.717, 1.165) is 29.0 Å². The van der Waals surface area contributed by atoms with E-state index in [1.165, 1.54) is 30.2 Å². The van der Waals surface area contributed by atoms with Crippen molar-refractivity contribution in [1.29, 1.82) is 0 Å². The number of carbonyl (C=O) groups excluding carboxylic acids is 2. The number of hydrogen-bond donors (Lipinski definition) is 1. The van der Waals surface area contributed by atoms with E-state index < -0.39 is 28.5 Å². The van der Waals surface area contributed by atoms with Crippen LogP contribution in [0.4, 0.5) is 5.69 Å². The lowest BCUT2D eigenvalue weighted by molar-refractivity contribution is -0.140. The zero-order valence-electron chi connectivity index (χ0n) is 22.0. The SMILES string of the molecule is CCCCNC(=O)C(CC)N(Cc1cccc(OC)c1)C(=O)CN(c1ccc(OC)c(Cl)c1)S(C)(=O)=O. The van der Waals surface area contributed by atoms with Gasteiger partial charge in [0, 0.05) is 13.1 Å². The molecule has 0 aliphatic rings. The van der Waals surface area contributed by atoms with Crippen LogP contribution in [0.2, 0.25) is 5.02 Å². The Hall–Kier alpha value is -2.98. The maximum Gasteiger partial charge on any atom is 0.244 e. The molecular weight excluding hydrogens is 518 g/mol. The van der Waals surface area contributed by atoms with E-state index in [4.69, 9.17) is 21.1 Å². The summed E-state index contributed by atoms with van der Waals surface area (Å²) >= 11 is 6.23. The van der Waals surface area contributed by atoms with E-state index in [0.29, 0.717) is 24.5 Å². The fourth-order valence-corrected chi connectivity index (χ4v) is 4.91. The van der Waals surface area contributed by atoms with Crippen molar-refractivity contribution in [2.75, 3.05) is 37.9 Å². The Labute approximate surface area is 224 Å². The predicted octanol–water partition coefficient (Wildman–Crippen LogP) is 3.85. The molecule has 9 nitrogen and oxygen atoms in total. The molecule has 204 valence electrons. The lowest BCUT2D eigenvalue weighted by Gasteiger charge is -2.33. The largest absolute Gasteiger partial charge is 0.497 e. The first-order valence-electron chi connectivity index (χ1n) is 12.1. The van der Waals surface area contributed by atoms with E-state index in [-0.39, 0.29) is 23.2 Å². The average Bonchev–Trinajstić information content (AvgIpc) is 2.86. The van der Waals surface area contributed by atoms with Crippen LogP contribution in [0.5, 0.6) is 11.5 Å². The zero-order valence-corrected chi connectivity index (χ0v) is 23.6. The third-order valence-corrected chi connectivity index (χ3v) is 7.24. The highest BCUT2D eigenvalue weighted by Gasteiger charge is 2.32. The molecule has 2 aromatic rings. The van der Waals surface area contributed by atoms with Crippen LogP contribution in [-0.4, -0.2) is 64.7 Å². The summed E-state index contributed by atoms with van der Waals surface area (Å²) < 4.78 is 36.9. The predicted molar refractivity (Wildman–Crippen MR) is 146 cm³/mol. The molecule has 0 aliphatic carbocycles. The van der Waals surface area contributed by atoms with Crippen molar-refractivity contribution in [3.63, 3.8) is 0 Å². The number of amides is 2. The second-order valence-electron chi connectivity index (χ2n) is 8.53. The summed E-state index contributed by atoms with van der Waals surface area (Å²) in [6.07, 6.45) is 3.09. The summed E-state index contributed by atoms with van der Waals surface area (Å²) in [4.78, 5) is 28.2. The van der Waals surface area contributed by atoms with Crippen LogP contribution >= 0.6 is 11.6 Å². The number of ether oxygens (including phenoxy) is 2. The third-order valence-electron chi connectivity index (χ3n) is 5.81. The normalized spacial score (nSPS) is 11.9. The molecule has 0 saturated carbocycles. The zero-order chi connectivity index (χ0) is 27.6. The summed E-state index contributed by atoms with van der Waals surface area (Å²) in [5, 5.41) is 3.10. The van der Waals surface area contributed by atoms with Gasteiger partial charge in [0.05, 0.1) is 31.2 Å². The van der Waals surface area contributed by atoms with Crippen molar-refractivity contribution in [1.82, 2.24) is 10.2 Å². The molecule has 0 bridgehead atoms. The summed E-state index contributed by atoms with van der Waals surface area (Å²) in [5.41, 5.74) is 0.953. The van der Waals surface area contributed by atoms with Crippen LogP contribution < -0.4 is 19.1 Å². The molecule has 2 amide bonds. The number of sulfonamides is 1. The molecule has 0 heterocycles. The number of anilines is 1. The number of nitrogens with one attached hydrogen (secondary N) is 1. The maximum atomic E-state index is 13.7. The third kappa shape index (κ3) is 8.53. The Morgan fingerprint density at radius 1 is 1.08 bits per heavy atom. The number of unbranched alkanes of at least 4 members (excludes halogenated alkanes) is 1. The van der Waals surface area contributed by atoms with Crippen LogP contribution in [0.3, 0.4) is 0 Å². The highest BCUT2D eigenvalue weighted by atomic mass is 35.5. The van der Waals surface area contributed by atoms with Crippen molar-refractivity contribution < 1.29 is 27.5 Å². The smallest absolute Gasteiger partial charge is 0.244 e. The number of methoxy groups -OCH3 is 2. The molecule has 11 heteroatoms. The number of benzene rings is 2. The number of rotatable bonds is 14. The van der Waals surface area contributed by atoms with Gasteiger partial charge in [-0.25, -0.2) is 8.42 Å². The number of carbonyl (C=O) groups is 2. The molecular formula is C26H36ClN3O6S. The molecule has 0 spiro atoms. The van der Waals surface area contributed by atoms with Gasteiger partial charge in [-0.2, -0.15) is 0 Å². The number of nitrogens with zero attached hydrogens (tertiary/aromatic N) is 2. The summed E-state index contributed by atoms with van der Waals surface area (Å²) in [6, 6.07) is 10.9. The fraction of sp³-hybridized carbons (Fsp3) is 0.462. The second-order valence-corrected chi connectivity index (χ2v) is 10.8. The molecule has 2 rings (SSSR count). The minimum absolute atomic E-state index is 0.0940. The van der Waals surface area contributed by atoms with E-state index in [1.54, 1.807) is 25.3 Å². The Morgan fingerprint density at radius 3 is 2.38 bits per heavy atom. The number of hydrogen-bond acceptors (Lipinski definition) is 6. The topological polar surface area (TPSA) is 105 Å². The molecule has 1 unspecified atom stereocenters. The molecule has 0 aliphatic heterocycles. The second kappa shape index (κ2) is 14.1. The van der Waals surface area contributed by atoms with Crippen LogP contribution in [-0.2, 0) is 26.2 Å². The Balaban J connectivity index is 2.45. The quantitative estimate of drug-likeness (QED) is 0.356. The highest BCUT2D eigenvalue weighted by Crippen LogP contribution is 2.30. The average molecular weight is 554 g/mol. The van der Waals surface area contributed by atoms with Crippen LogP contribution in [0.15, 0.2) is 42.5 Å². The van der Waals surface area contributed by atoms with E-state index in [1.807, 2.05) is 19.9 Å². The monoisotopic (exact) mass is 553 g/mol. The fourth-order valence-electron chi connectivity index (χ4n) is 3.82. The molecule has 0 aromatic heterocycles. The van der Waals surface area contributed by atoms with E-state index in [2.05, 4.69) is 5.32 Å². The first-order chi connectivity index (χ1) is 17.5. The highest BCUT2D eigenvalue weighted by molar-refractivity contribution is 7.92. The van der Waals surface area contributed by atoms with Crippen LogP contribution in [0, 0.1) is 0 Å². The van der Waals surface area contributed by atoms with Crippen molar-refractivity contribution in [3.8, 4) is 11.5 Å². The van der Waals surface area contributed by atoms with Gasteiger partial charge in [0.25, 0.3) is 0 Å². The van der Waals surface area contributed by atoms with Crippen molar-refractivity contribution >= 4 is 39.1 Å². The van der Waals surface area contributed by atoms with Gasteiger partial charge in [0.15, 0.2) is 0 Å². The van der Waals surface area contributed by atoms with E-state index >= 15 is 0 Å². The van der Waals surface area contributed by atoms with Crippen LogP contribution in [0.1, 0.15) is 38.7 Å². The van der Waals surface area contributed by atoms with Gasteiger partial charge < -0.3 is 19.7 Å².